The summed E-state index contributed by atoms with van der Waals surface area (Å²) in [6.07, 6.45) is 3.32. The zero-order valence-electron chi connectivity index (χ0n) is 16.8. The van der Waals surface area contributed by atoms with Crippen LogP contribution in [-0.2, 0) is 16.1 Å². The number of furan rings is 1. The van der Waals surface area contributed by atoms with Crippen molar-refractivity contribution in [1.82, 2.24) is 10.3 Å². The van der Waals surface area contributed by atoms with E-state index in [1.165, 1.54) is 35.5 Å². The minimum Gasteiger partial charge on any atom is -0.458 e. The molecule has 1 aromatic carbocycles. The zero-order chi connectivity index (χ0) is 21.0. The van der Waals surface area contributed by atoms with E-state index in [1.54, 1.807) is 12.1 Å². The highest BCUT2D eigenvalue weighted by atomic mass is 32.1. The number of benzene rings is 1. The maximum absolute atomic E-state index is 12.3. The summed E-state index contributed by atoms with van der Waals surface area (Å²) in [5.41, 5.74) is 5.20. The number of anilines is 1. The van der Waals surface area contributed by atoms with Crippen LogP contribution >= 0.6 is 11.3 Å². The van der Waals surface area contributed by atoms with Crippen molar-refractivity contribution < 1.29 is 14.0 Å². The number of aryl methyl sites for hydroxylation is 3. The van der Waals surface area contributed by atoms with Crippen LogP contribution in [0.1, 0.15) is 34.9 Å². The van der Waals surface area contributed by atoms with E-state index in [0.717, 1.165) is 11.1 Å². The Kier molecular flexibility index (Phi) is 6.29. The molecule has 0 aliphatic carbocycles. The quantitative estimate of drug-likeness (QED) is 0.582. The first-order chi connectivity index (χ1) is 13.8. The molecule has 2 N–H and O–H groups in total. The number of aromatic nitrogens is 1. The minimum atomic E-state index is -0.241. The summed E-state index contributed by atoms with van der Waals surface area (Å²) in [6, 6.07) is 7.77. The fourth-order valence-electron chi connectivity index (χ4n) is 2.74. The summed E-state index contributed by atoms with van der Waals surface area (Å²) in [4.78, 5) is 27.6. The highest BCUT2D eigenvalue weighted by Gasteiger charge is 2.11. The van der Waals surface area contributed by atoms with Gasteiger partial charge in [0.05, 0.1) is 6.54 Å². The first kappa shape index (κ1) is 20.5. The number of nitrogens with one attached hydrogen (secondary N) is 2. The van der Waals surface area contributed by atoms with Crippen LogP contribution in [0.25, 0.3) is 17.5 Å². The van der Waals surface area contributed by atoms with Gasteiger partial charge in [-0.2, -0.15) is 0 Å². The highest BCUT2D eigenvalue weighted by molar-refractivity contribution is 7.14. The molecule has 0 saturated carbocycles. The number of rotatable bonds is 6. The lowest BCUT2D eigenvalue weighted by molar-refractivity contribution is -0.119. The second-order valence-corrected chi connectivity index (χ2v) is 7.69. The lowest BCUT2D eigenvalue weighted by atomic mass is 10.0. The van der Waals surface area contributed by atoms with Gasteiger partial charge in [0.2, 0.25) is 11.8 Å². The summed E-state index contributed by atoms with van der Waals surface area (Å²) in [6.45, 7) is 7.94. The second-order valence-electron chi connectivity index (χ2n) is 6.83. The van der Waals surface area contributed by atoms with E-state index < -0.39 is 0 Å². The number of nitrogens with zero attached hydrogens (tertiary/aromatic N) is 1. The maximum atomic E-state index is 12.3. The lowest BCUT2D eigenvalue weighted by Crippen LogP contribution is -2.18. The molecule has 0 unspecified atom stereocenters. The van der Waals surface area contributed by atoms with Crippen LogP contribution in [0.2, 0.25) is 0 Å². The van der Waals surface area contributed by atoms with Gasteiger partial charge in [-0.25, -0.2) is 4.98 Å². The van der Waals surface area contributed by atoms with Gasteiger partial charge in [-0.3, -0.25) is 14.9 Å². The average Bonchev–Trinajstić information content (AvgIpc) is 3.31. The van der Waals surface area contributed by atoms with Crippen molar-refractivity contribution in [2.45, 2.75) is 34.2 Å². The minimum absolute atomic E-state index is 0.120. The van der Waals surface area contributed by atoms with Gasteiger partial charge >= 0.3 is 0 Å². The molecule has 3 aromatic rings. The predicted octanol–water partition coefficient (Wildman–Crippen LogP) is 4.62. The molecular weight excluding hydrogens is 386 g/mol. The summed E-state index contributed by atoms with van der Waals surface area (Å²) in [5, 5.41) is 7.76. The third-order valence-electron chi connectivity index (χ3n) is 4.46. The van der Waals surface area contributed by atoms with E-state index in [2.05, 4.69) is 41.6 Å². The molecule has 0 fully saturated rings. The topological polar surface area (TPSA) is 84.2 Å². The van der Waals surface area contributed by atoms with E-state index >= 15 is 0 Å². The summed E-state index contributed by atoms with van der Waals surface area (Å²) >= 11 is 1.32. The number of hydrogen-bond acceptors (Lipinski definition) is 5. The van der Waals surface area contributed by atoms with Gasteiger partial charge in [-0.05, 0) is 61.2 Å². The molecule has 29 heavy (non-hydrogen) atoms. The van der Waals surface area contributed by atoms with Crippen LogP contribution in [0, 0.1) is 20.8 Å². The number of amides is 2. The number of hydrogen-bond donors (Lipinski definition) is 2. The van der Waals surface area contributed by atoms with Gasteiger partial charge in [0.15, 0.2) is 10.9 Å². The van der Waals surface area contributed by atoms with E-state index in [1.807, 2.05) is 18.4 Å². The molecule has 0 spiro atoms. The Morgan fingerprint density at radius 1 is 1.14 bits per heavy atom. The number of carbonyl (C=O) groups is 2. The Balaban J connectivity index is 1.63. The molecule has 6 nitrogen and oxygen atoms in total. The molecular formula is C22H23N3O3S. The standard InChI is InChI=1S/C22H23N3O3S/c1-13-9-15(3)17(10-14(13)2)5-8-21(27)25-22-24-19(12-29-22)20-7-6-18(28-20)11-23-16(4)26/h5-10,12H,11H2,1-4H3,(H,23,26)(H,24,25,27)/b8-5+. The monoisotopic (exact) mass is 409 g/mol. The van der Waals surface area contributed by atoms with Crippen molar-refractivity contribution in [3.63, 3.8) is 0 Å². The zero-order valence-corrected chi connectivity index (χ0v) is 17.6. The Morgan fingerprint density at radius 2 is 1.90 bits per heavy atom. The summed E-state index contributed by atoms with van der Waals surface area (Å²) in [7, 11) is 0. The van der Waals surface area contributed by atoms with Gasteiger partial charge in [0.25, 0.3) is 0 Å². The third-order valence-corrected chi connectivity index (χ3v) is 5.21. The molecule has 2 aromatic heterocycles. The summed E-state index contributed by atoms with van der Waals surface area (Å²) in [5.74, 6) is 0.865. The third kappa shape index (κ3) is 5.42. The van der Waals surface area contributed by atoms with E-state index in [9.17, 15) is 9.59 Å². The molecule has 0 bridgehead atoms. The van der Waals surface area contributed by atoms with Crippen molar-refractivity contribution in [1.29, 1.82) is 0 Å². The Bertz CT molecular complexity index is 1080. The normalized spacial score (nSPS) is 11.0. The average molecular weight is 410 g/mol. The Morgan fingerprint density at radius 3 is 2.66 bits per heavy atom. The molecule has 0 aliphatic rings. The molecule has 2 amide bonds. The molecule has 0 aliphatic heterocycles. The van der Waals surface area contributed by atoms with E-state index in [0.29, 0.717) is 28.9 Å². The highest BCUT2D eigenvalue weighted by Crippen LogP contribution is 2.26. The lowest BCUT2D eigenvalue weighted by Gasteiger charge is -2.06. The van der Waals surface area contributed by atoms with Crippen LogP contribution in [0.4, 0.5) is 5.13 Å². The smallest absolute Gasteiger partial charge is 0.250 e. The van der Waals surface area contributed by atoms with Crippen LogP contribution < -0.4 is 10.6 Å². The van der Waals surface area contributed by atoms with Crippen molar-refractivity contribution >= 4 is 34.4 Å². The first-order valence-electron chi connectivity index (χ1n) is 9.18. The van der Waals surface area contributed by atoms with Crippen LogP contribution in [0.15, 0.2) is 40.1 Å². The Hall–Kier alpha value is -3.19. The molecule has 2 heterocycles. The van der Waals surface area contributed by atoms with Gasteiger partial charge in [-0.1, -0.05) is 12.1 Å². The molecule has 3 rings (SSSR count). The fourth-order valence-corrected chi connectivity index (χ4v) is 3.44. The predicted molar refractivity (Wildman–Crippen MR) is 116 cm³/mol. The van der Waals surface area contributed by atoms with Crippen molar-refractivity contribution in [2.24, 2.45) is 0 Å². The van der Waals surface area contributed by atoms with E-state index in [-0.39, 0.29) is 11.8 Å². The van der Waals surface area contributed by atoms with Crippen molar-refractivity contribution in [2.75, 3.05) is 5.32 Å². The molecule has 0 atom stereocenters. The van der Waals surface area contributed by atoms with Gasteiger partial charge in [0, 0.05) is 18.4 Å². The van der Waals surface area contributed by atoms with Gasteiger partial charge in [0.1, 0.15) is 11.5 Å². The molecule has 0 saturated heterocycles. The van der Waals surface area contributed by atoms with Crippen molar-refractivity contribution in [3.8, 4) is 11.5 Å². The van der Waals surface area contributed by atoms with Crippen LogP contribution in [-0.4, -0.2) is 16.8 Å². The Labute approximate surface area is 173 Å². The van der Waals surface area contributed by atoms with Gasteiger partial charge in [-0.15, -0.1) is 11.3 Å². The molecule has 150 valence electrons. The van der Waals surface area contributed by atoms with Crippen LogP contribution in [0.5, 0.6) is 0 Å². The summed E-state index contributed by atoms with van der Waals surface area (Å²) < 4.78 is 5.68. The van der Waals surface area contributed by atoms with E-state index in [4.69, 9.17) is 4.42 Å². The fraction of sp³-hybridized carbons (Fsp3) is 0.227. The second kappa shape index (κ2) is 8.87. The van der Waals surface area contributed by atoms with Crippen LogP contribution in [0.3, 0.4) is 0 Å². The largest absolute Gasteiger partial charge is 0.458 e. The SMILES string of the molecule is CC(=O)NCc1ccc(-c2csc(NC(=O)/C=C/c3cc(C)c(C)cc3C)n2)o1. The van der Waals surface area contributed by atoms with Gasteiger partial charge < -0.3 is 9.73 Å². The first-order valence-corrected chi connectivity index (χ1v) is 10.1. The number of carbonyl (C=O) groups excluding carboxylic acids is 2. The van der Waals surface area contributed by atoms with Crippen molar-refractivity contribution in [3.05, 3.63) is 63.7 Å². The molecule has 7 heteroatoms. The maximum Gasteiger partial charge on any atom is 0.250 e. The molecule has 0 radical (unpaired) electrons. The number of thiazole rings is 1.